The van der Waals surface area contributed by atoms with E-state index >= 15 is 0 Å². The Hall–Kier alpha value is -3.26. The van der Waals surface area contributed by atoms with E-state index in [4.69, 9.17) is 10.8 Å². The highest BCUT2D eigenvalue weighted by molar-refractivity contribution is 8.13. The first-order valence-corrected chi connectivity index (χ1v) is 11.3. The summed E-state index contributed by atoms with van der Waals surface area (Å²) in [5.74, 6) is 0. The maximum Gasteiger partial charge on any atom is 0.188 e. The zero-order valence-corrected chi connectivity index (χ0v) is 18.1. The molecule has 4 aromatic rings. The van der Waals surface area contributed by atoms with Gasteiger partial charge >= 0.3 is 0 Å². The van der Waals surface area contributed by atoms with Gasteiger partial charge in [0.05, 0.1) is 23.4 Å². The number of pyridine rings is 1. The van der Waals surface area contributed by atoms with Gasteiger partial charge in [0.1, 0.15) is 5.49 Å². The molecule has 1 aromatic carbocycles. The third-order valence-corrected chi connectivity index (χ3v) is 6.55. The second kappa shape index (κ2) is 8.11. The molecule has 31 heavy (non-hydrogen) atoms. The van der Waals surface area contributed by atoms with Crippen molar-refractivity contribution in [2.45, 2.75) is 43.5 Å². The fourth-order valence-electron chi connectivity index (χ4n) is 3.63. The first-order chi connectivity index (χ1) is 15.1. The van der Waals surface area contributed by atoms with E-state index in [9.17, 15) is 0 Å². The molecular weight excluding hydrogens is 406 g/mol. The van der Waals surface area contributed by atoms with Crippen LogP contribution >= 0.6 is 11.8 Å². The van der Waals surface area contributed by atoms with Gasteiger partial charge in [0.25, 0.3) is 0 Å². The molecule has 0 aliphatic heterocycles. The highest BCUT2D eigenvalue weighted by Gasteiger charge is 2.20. The molecule has 0 saturated heterocycles. The van der Waals surface area contributed by atoms with Crippen molar-refractivity contribution >= 4 is 27.8 Å². The molecule has 3 aromatic heterocycles. The molecule has 2 N–H and O–H groups in total. The standard InChI is InChI=1S/C23H23N7S/c1-2-18-6-9-22(24)30(28-18)23(25)31-20-7-8-21-15(11-20)10-16(12-26-21)17-13-27-29(14-17)19-4-3-5-19/h6-14,19,24-25H,2-5H2,1H3. The lowest BCUT2D eigenvalue weighted by atomic mass is 9.93. The van der Waals surface area contributed by atoms with Gasteiger partial charge in [-0.1, -0.05) is 18.7 Å². The normalized spacial score (nSPS) is 14.0. The molecular formula is C23H23N7S. The lowest BCUT2D eigenvalue weighted by molar-refractivity contribution is 0.289. The highest BCUT2D eigenvalue weighted by atomic mass is 32.2. The maximum atomic E-state index is 8.45. The van der Waals surface area contributed by atoms with E-state index in [1.807, 2.05) is 43.6 Å². The summed E-state index contributed by atoms with van der Waals surface area (Å²) in [4.78, 5) is 5.53. The third-order valence-electron chi connectivity index (χ3n) is 5.70. The van der Waals surface area contributed by atoms with Crippen LogP contribution in [-0.2, 0) is 6.42 Å². The minimum atomic E-state index is 0.197. The molecule has 7 nitrogen and oxygen atoms in total. The van der Waals surface area contributed by atoms with Gasteiger partial charge in [0, 0.05) is 33.8 Å². The molecule has 1 aliphatic carbocycles. The molecule has 0 amide bonds. The van der Waals surface area contributed by atoms with Crippen LogP contribution in [0.4, 0.5) is 0 Å². The van der Waals surface area contributed by atoms with Crippen molar-refractivity contribution in [2.24, 2.45) is 0 Å². The van der Waals surface area contributed by atoms with E-state index < -0.39 is 0 Å². The van der Waals surface area contributed by atoms with Gasteiger partial charge in [0.15, 0.2) is 5.17 Å². The van der Waals surface area contributed by atoms with E-state index in [0.717, 1.165) is 39.0 Å². The minimum absolute atomic E-state index is 0.197. The number of aromatic nitrogens is 5. The Morgan fingerprint density at radius 3 is 2.77 bits per heavy atom. The van der Waals surface area contributed by atoms with Gasteiger partial charge in [-0.3, -0.25) is 20.5 Å². The van der Waals surface area contributed by atoms with E-state index in [-0.39, 0.29) is 10.7 Å². The summed E-state index contributed by atoms with van der Waals surface area (Å²) in [5, 5.41) is 26.7. The van der Waals surface area contributed by atoms with Crippen LogP contribution in [0, 0.1) is 10.8 Å². The topological polar surface area (TPSA) is 96.2 Å². The van der Waals surface area contributed by atoms with Crippen LogP contribution in [0.25, 0.3) is 22.0 Å². The van der Waals surface area contributed by atoms with E-state index in [0.29, 0.717) is 6.04 Å². The second-order valence-corrected chi connectivity index (χ2v) is 8.82. The van der Waals surface area contributed by atoms with Gasteiger partial charge in [-0.2, -0.15) is 14.9 Å². The van der Waals surface area contributed by atoms with Crippen LogP contribution in [0.1, 0.15) is 37.9 Å². The molecule has 156 valence electrons. The number of fused-ring (bicyclic) bond motifs is 1. The monoisotopic (exact) mass is 429 g/mol. The Kier molecular flexibility index (Phi) is 5.15. The fourth-order valence-corrected chi connectivity index (χ4v) is 4.40. The van der Waals surface area contributed by atoms with Crippen molar-refractivity contribution in [1.29, 1.82) is 10.8 Å². The van der Waals surface area contributed by atoms with Crippen LogP contribution < -0.4 is 5.49 Å². The molecule has 0 unspecified atom stereocenters. The first-order valence-electron chi connectivity index (χ1n) is 10.5. The largest absolute Gasteiger partial charge is 0.283 e. The second-order valence-electron chi connectivity index (χ2n) is 7.75. The van der Waals surface area contributed by atoms with Crippen molar-refractivity contribution in [1.82, 2.24) is 24.5 Å². The van der Waals surface area contributed by atoms with Crippen molar-refractivity contribution in [3.05, 3.63) is 66.2 Å². The Labute approximate surface area is 184 Å². The first kappa shape index (κ1) is 19.7. The molecule has 0 atom stereocenters. The van der Waals surface area contributed by atoms with E-state index in [1.165, 1.54) is 35.7 Å². The quantitative estimate of drug-likeness (QED) is 0.281. The molecule has 0 spiro atoms. The van der Waals surface area contributed by atoms with Crippen LogP contribution in [0.2, 0.25) is 0 Å². The summed E-state index contributed by atoms with van der Waals surface area (Å²) >= 11 is 1.28. The van der Waals surface area contributed by atoms with E-state index in [2.05, 4.69) is 32.1 Å². The zero-order valence-electron chi connectivity index (χ0n) is 17.2. The summed E-state index contributed by atoms with van der Waals surface area (Å²) in [6, 6.07) is 12.1. The average molecular weight is 430 g/mol. The molecule has 1 fully saturated rings. The van der Waals surface area contributed by atoms with Gasteiger partial charge in [-0.05, 0) is 62.1 Å². The number of thioether (sulfide) groups is 1. The Morgan fingerprint density at radius 2 is 2.00 bits per heavy atom. The average Bonchev–Trinajstić information content (AvgIpc) is 3.21. The Morgan fingerprint density at radius 1 is 1.13 bits per heavy atom. The highest BCUT2D eigenvalue weighted by Crippen LogP contribution is 2.33. The maximum absolute atomic E-state index is 8.45. The molecule has 1 saturated carbocycles. The number of hydrogen-bond donors (Lipinski definition) is 2. The smallest absolute Gasteiger partial charge is 0.188 e. The number of benzene rings is 1. The molecule has 5 rings (SSSR count). The summed E-state index contributed by atoms with van der Waals surface area (Å²) in [6.45, 7) is 2.01. The number of aryl methyl sites for hydroxylation is 1. The number of nitrogens with zero attached hydrogens (tertiary/aromatic N) is 5. The van der Waals surface area contributed by atoms with Gasteiger partial charge < -0.3 is 0 Å². The van der Waals surface area contributed by atoms with Crippen LogP contribution in [0.15, 0.2) is 59.9 Å². The van der Waals surface area contributed by atoms with Gasteiger partial charge in [-0.15, -0.1) is 0 Å². The van der Waals surface area contributed by atoms with Gasteiger partial charge in [-0.25, -0.2) is 0 Å². The number of hydrogen-bond acceptors (Lipinski definition) is 6. The van der Waals surface area contributed by atoms with Crippen LogP contribution in [0.5, 0.6) is 0 Å². The summed E-state index contributed by atoms with van der Waals surface area (Å²) in [6.07, 6.45) is 10.4. The summed E-state index contributed by atoms with van der Waals surface area (Å²) in [5.41, 5.74) is 4.07. The van der Waals surface area contributed by atoms with Gasteiger partial charge in [0.2, 0.25) is 0 Å². The van der Waals surface area contributed by atoms with E-state index in [1.54, 1.807) is 6.07 Å². The predicted octanol–water partition coefficient (Wildman–Crippen LogP) is 4.64. The molecule has 8 heteroatoms. The zero-order chi connectivity index (χ0) is 21.4. The summed E-state index contributed by atoms with van der Waals surface area (Å²) in [7, 11) is 0. The van der Waals surface area contributed by atoms with Crippen molar-refractivity contribution in [3.63, 3.8) is 0 Å². The Bertz CT molecular complexity index is 1330. The Balaban J connectivity index is 1.42. The molecule has 0 bridgehead atoms. The SMILES string of the molecule is CCc1ccc(=N)n(C(=N)Sc2ccc3ncc(-c4cnn(C5CCC5)c4)cc3c2)n1. The minimum Gasteiger partial charge on any atom is -0.283 e. The molecule has 3 heterocycles. The van der Waals surface area contributed by atoms with Crippen molar-refractivity contribution in [2.75, 3.05) is 0 Å². The number of nitrogens with one attached hydrogen (secondary N) is 2. The van der Waals surface area contributed by atoms with Crippen LogP contribution in [0.3, 0.4) is 0 Å². The third kappa shape index (κ3) is 3.90. The fraction of sp³-hybridized carbons (Fsp3) is 0.261. The predicted molar refractivity (Wildman–Crippen MR) is 122 cm³/mol. The number of rotatable bonds is 4. The lowest BCUT2D eigenvalue weighted by Crippen LogP contribution is -2.27. The van der Waals surface area contributed by atoms with Crippen molar-refractivity contribution in [3.8, 4) is 11.1 Å². The summed E-state index contributed by atoms with van der Waals surface area (Å²) < 4.78 is 3.45. The van der Waals surface area contributed by atoms with Crippen molar-refractivity contribution < 1.29 is 0 Å². The van der Waals surface area contributed by atoms with Crippen LogP contribution in [-0.4, -0.2) is 29.7 Å². The molecule has 0 radical (unpaired) electrons. The molecule has 1 aliphatic rings. The lowest BCUT2D eigenvalue weighted by Gasteiger charge is -2.25.